The summed E-state index contributed by atoms with van der Waals surface area (Å²) in [5, 5.41) is 12.3. The molecule has 2 atom stereocenters. The second-order valence-corrected chi connectivity index (χ2v) is 4.22. The molecule has 0 amide bonds. The van der Waals surface area contributed by atoms with Crippen molar-refractivity contribution in [1.29, 1.82) is 0 Å². The Morgan fingerprint density at radius 2 is 2.41 bits per heavy atom. The van der Waals surface area contributed by atoms with Crippen LogP contribution in [0.5, 0.6) is 5.75 Å². The van der Waals surface area contributed by atoms with Crippen molar-refractivity contribution in [3.63, 3.8) is 0 Å². The van der Waals surface area contributed by atoms with Gasteiger partial charge in [-0.1, -0.05) is 0 Å². The van der Waals surface area contributed by atoms with Gasteiger partial charge in [0.2, 0.25) is 0 Å². The van der Waals surface area contributed by atoms with Gasteiger partial charge in [0.1, 0.15) is 5.75 Å². The van der Waals surface area contributed by atoms with Gasteiger partial charge in [0.25, 0.3) is 0 Å². The molecule has 1 aromatic heterocycles. The molecule has 17 heavy (non-hydrogen) atoms. The lowest BCUT2D eigenvalue weighted by Crippen LogP contribution is -2.34. The van der Waals surface area contributed by atoms with Crippen LogP contribution in [0.25, 0.3) is 0 Å². The minimum Gasteiger partial charge on any atom is -0.495 e. The third kappa shape index (κ3) is 2.74. The van der Waals surface area contributed by atoms with E-state index in [4.69, 9.17) is 9.84 Å². The zero-order valence-electron chi connectivity index (χ0n) is 9.72. The zero-order valence-corrected chi connectivity index (χ0v) is 9.72. The van der Waals surface area contributed by atoms with Crippen LogP contribution in [0.2, 0.25) is 0 Å². The number of piperidine rings is 1. The number of aliphatic carboxylic acids is 1. The van der Waals surface area contributed by atoms with Crippen LogP contribution >= 0.6 is 0 Å². The van der Waals surface area contributed by atoms with Gasteiger partial charge in [0.15, 0.2) is 0 Å². The van der Waals surface area contributed by atoms with E-state index < -0.39 is 5.97 Å². The lowest BCUT2D eigenvalue weighted by Gasteiger charge is -2.28. The number of nitrogens with zero attached hydrogens (tertiary/aromatic N) is 1. The number of carboxylic acid groups (broad SMARTS) is 1. The fourth-order valence-corrected chi connectivity index (χ4v) is 2.13. The van der Waals surface area contributed by atoms with Gasteiger partial charge >= 0.3 is 5.97 Å². The monoisotopic (exact) mass is 236 g/mol. The van der Waals surface area contributed by atoms with Crippen molar-refractivity contribution < 1.29 is 14.6 Å². The largest absolute Gasteiger partial charge is 0.495 e. The SMILES string of the molecule is COc1cncc(C2CC(C(=O)O)CCN2)c1. The molecule has 0 spiro atoms. The smallest absolute Gasteiger partial charge is 0.306 e. The first kappa shape index (κ1) is 11.9. The Kier molecular flexibility index (Phi) is 3.58. The van der Waals surface area contributed by atoms with Crippen molar-refractivity contribution in [2.75, 3.05) is 13.7 Å². The standard InChI is InChI=1S/C12H16N2O3/c1-17-10-4-9(6-13-7-10)11-5-8(12(15)16)2-3-14-11/h4,6-8,11,14H,2-3,5H2,1H3,(H,15,16). The first-order valence-electron chi connectivity index (χ1n) is 5.66. The molecule has 1 aromatic rings. The van der Waals surface area contributed by atoms with Gasteiger partial charge in [-0.05, 0) is 31.0 Å². The first-order valence-corrected chi connectivity index (χ1v) is 5.66. The Morgan fingerprint density at radius 1 is 1.59 bits per heavy atom. The molecular weight excluding hydrogens is 220 g/mol. The van der Waals surface area contributed by atoms with Gasteiger partial charge in [-0.25, -0.2) is 0 Å². The number of hydrogen-bond donors (Lipinski definition) is 2. The van der Waals surface area contributed by atoms with E-state index in [9.17, 15) is 4.79 Å². The maximum Gasteiger partial charge on any atom is 0.306 e. The molecule has 5 heteroatoms. The molecule has 2 N–H and O–H groups in total. The Balaban J connectivity index is 2.13. The molecule has 2 unspecified atom stereocenters. The summed E-state index contributed by atoms with van der Waals surface area (Å²) >= 11 is 0. The van der Waals surface area contributed by atoms with Gasteiger partial charge in [-0.2, -0.15) is 0 Å². The van der Waals surface area contributed by atoms with Gasteiger partial charge < -0.3 is 15.2 Å². The summed E-state index contributed by atoms with van der Waals surface area (Å²) in [4.78, 5) is 15.1. The summed E-state index contributed by atoms with van der Waals surface area (Å²) in [5.41, 5.74) is 0.982. The number of methoxy groups -OCH3 is 1. The molecule has 0 radical (unpaired) electrons. The lowest BCUT2D eigenvalue weighted by atomic mass is 9.89. The van der Waals surface area contributed by atoms with E-state index in [1.54, 1.807) is 19.5 Å². The van der Waals surface area contributed by atoms with Crippen molar-refractivity contribution in [2.24, 2.45) is 5.92 Å². The van der Waals surface area contributed by atoms with Gasteiger partial charge in [-0.3, -0.25) is 9.78 Å². The maximum absolute atomic E-state index is 11.0. The minimum absolute atomic E-state index is 0.0486. The van der Waals surface area contributed by atoms with Gasteiger partial charge in [0.05, 0.1) is 19.2 Å². The van der Waals surface area contributed by atoms with Crippen LogP contribution in [0.15, 0.2) is 18.5 Å². The molecule has 0 saturated carbocycles. The number of carbonyl (C=O) groups is 1. The Hall–Kier alpha value is -1.62. The molecule has 1 saturated heterocycles. The number of hydrogen-bond acceptors (Lipinski definition) is 4. The molecule has 0 aromatic carbocycles. The maximum atomic E-state index is 11.0. The van der Waals surface area contributed by atoms with Crippen LogP contribution in [0.1, 0.15) is 24.4 Å². The molecule has 0 bridgehead atoms. The number of nitrogens with one attached hydrogen (secondary N) is 1. The first-order chi connectivity index (χ1) is 8.20. The van der Waals surface area contributed by atoms with E-state index in [0.717, 1.165) is 12.1 Å². The van der Waals surface area contributed by atoms with Crippen LogP contribution in [-0.4, -0.2) is 29.7 Å². The highest BCUT2D eigenvalue weighted by Crippen LogP contribution is 2.28. The lowest BCUT2D eigenvalue weighted by molar-refractivity contribution is -0.143. The normalized spacial score (nSPS) is 24.3. The number of aromatic nitrogens is 1. The summed E-state index contributed by atoms with van der Waals surface area (Å²) in [6, 6.07) is 1.95. The molecule has 1 aliphatic heterocycles. The number of pyridine rings is 1. The predicted molar refractivity (Wildman–Crippen MR) is 61.9 cm³/mol. The number of ether oxygens (including phenoxy) is 1. The van der Waals surface area contributed by atoms with Crippen LogP contribution in [-0.2, 0) is 4.79 Å². The summed E-state index contributed by atoms with van der Waals surface area (Å²) < 4.78 is 5.11. The summed E-state index contributed by atoms with van der Waals surface area (Å²) in [5.74, 6) is -0.290. The Morgan fingerprint density at radius 3 is 3.12 bits per heavy atom. The second-order valence-electron chi connectivity index (χ2n) is 4.22. The number of rotatable bonds is 3. The molecular formula is C12H16N2O3. The van der Waals surface area contributed by atoms with Crippen molar-refractivity contribution in [3.8, 4) is 5.75 Å². The predicted octanol–water partition coefficient (Wildman–Crippen LogP) is 1.22. The molecule has 2 rings (SSSR count). The van der Waals surface area contributed by atoms with Crippen molar-refractivity contribution >= 4 is 5.97 Å². The van der Waals surface area contributed by atoms with Crippen LogP contribution < -0.4 is 10.1 Å². The fourth-order valence-electron chi connectivity index (χ4n) is 2.13. The van der Waals surface area contributed by atoms with Crippen molar-refractivity contribution in [3.05, 3.63) is 24.0 Å². The molecule has 1 fully saturated rings. The highest BCUT2D eigenvalue weighted by Gasteiger charge is 2.27. The highest BCUT2D eigenvalue weighted by atomic mass is 16.5. The van der Waals surface area contributed by atoms with E-state index >= 15 is 0 Å². The Labute approximate surface area is 99.8 Å². The van der Waals surface area contributed by atoms with Gasteiger partial charge in [-0.15, -0.1) is 0 Å². The van der Waals surface area contributed by atoms with Crippen LogP contribution in [0, 0.1) is 5.92 Å². The third-order valence-corrected chi connectivity index (χ3v) is 3.13. The average molecular weight is 236 g/mol. The quantitative estimate of drug-likeness (QED) is 0.825. The molecule has 0 aliphatic carbocycles. The van der Waals surface area contributed by atoms with Crippen LogP contribution in [0.4, 0.5) is 0 Å². The second kappa shape index (κ2) is 5.14. The summed E-state index contributed by atoms with van der Waals surface area (Å²) in [6.45, 7) is 0.721. The van der Waals surface area contributed by atoms with Crippen molar-refractivity contribution in [2.45, 2.75) is 18.9 Å². The fraction of sp³-hybridized carbons (Fsp3) is 0.500. The molecule has 1 aliphatic rings. The zero-order chi connectivity index (χ0) is 12.3. The number of carboxylic acids is 1. The molecule has 5 nitrogen and oxygen atoms in total. The van der Waals surface area contributed by atoms with E-state index in [1.807, 2.05) is 6.07 Å². The average Bonchev–Trinajstić information content (AvgIpc) is 2.39. The van der Waals surface area contributed by atoms with E-state index in [2.05, 4.69) is 10.3 Å². The van der Waals surface area contributed by atoms with E-state index in [0.29, 0.717) is 18.6 Å². The Bertz CT molecular complexity index is 408. The topological polar surface area (TPSA) is 71.5 Å². The van der Waals surface area contributed by atoms with E-state index in [-0.39, 0.29) is 12.0 Å². The van der Waals surface area contributed by atoms with E-state index in [1.165, 1.54) is 0 Å². The van der Waals surface area contributed by atoms with Crippen LogP contribution in [0.3, 0.4) is 0 Å². The van der Waals surface area contributed by atoms with Crippen molar-refractivity contribution in [1.82, 2.24) is 10.3 Å². The van der Waals surface area contributed by atoms with Gasteiger partial charge in [0, 0.05) is 12.2 Å². The molecule has 2 heterocycles. The summed E-state index contributed by atoms with van der Waals surface area (Å²) in [7, 11) is 1.59. The minimum atomic E-state index is -0.715. The summed E-state index contributed by atoms with van der Waals surface area (Å²) in [6.07, 6.45) is 4.68. The molecule has 92 valence electrons. The third-order valence-electron chi connectivity index (χ3n) is 3.13. The highest BCUT2D eigenvalue weighted by molar-refractivity contribution is 5.70.